The van der Waals surface area contributed by atoms with Crippen LogP contribution in [-0.4, -0.2) is 15.0 Å². The number of hydrogen-bond donors (Lipinski definition) is 0. The summed E-state index contributed by atoms with van der Waals surface area (Å²) >= 11 is 9.49. The summed E-state index contributed by atoms with van der Waals surface area (Å²) in [5.41, 5.74) is 3.92. The Labute approximate surface area is 137 Å². The number of fused-ring (bicyclic) bond motifs is 1. The van der Waals surface area contributed by atoms with Crippen molar-refractivity contribution in [3.8, 4) is 5.69 Å². The maximum Gasteiger partial charge on any atom is 0.115 e. The van der Waals surface area contributed by atoms with Gasteiger partial charge in [-0.2, -0.15) is 4.80 Å². The molecule has 0 amide bonds. The smallest absolute Gasteiger partial charge is 0.115 e. The number of unbranched alkanes of at least 4 members (excludes halogenated alkanes) is 1. The van der Waals surface area contributed by atoms with Gasteiger partial charge in [0, 0.05) is 4.47 Å². The van der Waals surface area contributed by atoms with Gasteiger partial charge in [0.1, 0.15) is 11.0 Å². The van der Waals surface area contributed by atoms with E-state index in [0.29, 0.717) is 5.02 Å². The fraction of sp³-hybridized carbons (Fsp3) is 0.250. The summed E-state index contributed by atoms with van der Waals surface area (Å²) in [6.07, 6.45) is 3.55. The van der Waals surface area contributed by atoms with Gasteiger partial charge in [0.05, 0.1) is 10.7 Å². The predicted octanol–water partition coefficient (Wildman–Crippen LogP) is 5.18. The molecule has 0 aliphatic carbocycles. The van der Waals surface area contributed by atoms with Crippen LogP contribution in [0.5, 0.6) is 0 Å². The Morgan fingerprint density at radius 3 is 2.43 bits per heavy atom. The minimum Gasteiger partial charge on any atom is -0.150 e. The maximum atomic E-state index is 6.09. The summed E-state index contributed by atoms with van der Waals surface area (Å²) in [7, 11) is 0. The van der Waals surface area contributed by atoms with E-state index < -0.39 is 0 Å². The molecule has 2 aromatic carbocycles. The summed E-state index contributed by atoms with van der Waals surface area (Å²) in [5, 5.41) is 9.61. The largest absolute Gasteiger partial charge is 0.150 e. The molecule has 0 aliphatic rings. The van der Waals surface area contributed by atoms with E-state index in [0.717, 1.165) is 27.6 Å². The highest BCUT2D eigenvalue weighted by molar-refractivity contribution is 9.10. The summed E-state index contributed by atoms with van der Waals surface area (Å²) in [5.74, 6) is 0. The topological polar surface area (TPSA) is 30.7 Å². The van der Waals surface area contributed by atoms with Gasteiger partial charge in [-0.05, 0) is 58.6 Å². The van der Waals surface area contributed by atoms with Crippen molar-refractivity contribution < 1.29 is 0 Å². The third kappa shape index (κ3) is 3.11. The highest BCUT2D eigenvalue weighted by Gasteiger charge is 2.08. The van der Waals surface area contributed by atoms with Gasteiger partial charge in [0.2, 0.25) is 0 Å². The van der Waals surface area contributed by atoms with Crippen LogP contribution in [0.4, 0.5) is 0 Å². The number of rotatable bonds is 4. The van der Waals surface area contributed by atoms with E-state index in [1.807, 2.05) is 12.1 Å². The lowest BCUT2D eigenvalue weighted by molar-refractivity contribution is 0.762. The fourth-order valence-electron chi connectivity index (χ4n) is 2.20. The van der Waals surface area contributed by atoms with Crippen LogP contribution in [0.3, 0.4) is 0 Å². The van der Waals surface area contributed by atoms with E-state index in [9.17, 15) is 0 Å². The molecule has 0 bridgehead atoms. The number of halogens is 2. The van der Waals surface area contributed by atoms with Crippen molar-refractivity contribution in [1.29, 1.82) is 0 Å². The molecule has 0 unspecified atom stereocenters. The van der Waals surface area contributed by atoms with Gasteiger partial charge in [-0.1, -0.05) is 37.1 Å². The molecule has 3 aromatic rings. The van der Waals surface area contributed by atoms with Crippen LogP contribution in [0, 0.1) is 0 Å². The molecule has 21 heavy (non-hydrogen) atoms. The number of aromatic nitrogens is 3. The molecule has 108 valence electrons. The third-order valence-electron chi connectivity index (χ3n) is 3.41. The van der Waals surface area contributed by atoms with Crippen molar-refractivity contribution in [2.24, 2.45) is 0 Å². The average molecular weight is 365 g/mol. The molecule has 0 saturated carbocycles. The minimum atomic E-state index is 0.643. The van der Waals surface area contributed by atoms with Crippen LogP contribution in [-0.2, 0) is 6.42 Å². The molecule has 3 nitrogen and oxygen atoms in total. The van der Waals surface area contributed by atoms with E-state index in [4.69, 9.17) is 11.6 Å². The van der Waals surface area contributed by atoms with E-state index in [1.165, 1.54) is 18.4 Å². The second-order valence-electron chi connectivity index (χ2n) is 5.01. The first kappa shape index (κ1) is 14.5. The summed E-state index contributed by atoms with van der Waals surface area (Å²) in [6.45, 7) is 2.21. The van der Waals surface area contributed by atoms with Gasteiger partial charge in [-0.25, -0.2) is 0 Å². The van der Waals surface area contributed by atoms with E-state index in [2.05, 4.69) is 57.3 Å². The molecular formula is C16H15BrClN3. The van der Waals surface area contributed by atoms with Crippen molar-refractivity contribution in [3.63, 3.8) is 0 Å². The summed E-state index contributed by atoms with van der Waals surface area (Å²) in [6, 6.07) is 12.1. The predicted molar refractivity (Wildman–Crippen MR) is 90.2 cm³/mol. The first-order chi connectivity index (χ1) is 10.2. The van der Waals surface area contributed by atoms with E-state index in [1.54, 1.807) is 4.80 Å². The molecule has 3 rings (SSSR count). The molecule has 0 radical (unpaired) electrons. The van der Waals surface area contributed by atoms with Crippen LogP contribution in [0.1, 0.15) is 25.3 Å². The van der Waals surface area contributed by atoms with Gasteiger partial charge in [-0.3, -0.25) is 0 Å². The lowest BCUT2D eigenvalue weighted by Gasteiger charge is -2.02. The summed E-state index contributed by atoms with van der Waals surface area (Å²) < 4.78 is 0.832. The Bertz CT molecular complexity index is 726. The molecule has 1 aromatic heterocycles. The first-order valence-corrected chi connectivity index (χ1v) is 8.16. The third-order valence-corrected chi connectivity index (χ3v) is 4.61. The van der Waals surface area contributed by atoms with Crippen molar-refractivity contribution in [3.05, 3.63) is 51.5 Å². The molecule has 0 atom stereocenters. The molecule has 5 heteroatoms. The lowest BCUT2D eigenvalue weighted by atomic mass is 10.1. The normalized spacial score (nSPS) is 11.2. The number of aryl methyl sites for hydroxylation is 1. The number of nitrogens with zero attached hydrogens (tertiary/aromatic N) is 3. The monoisotopic (exact) mass is 363 g/mol. The Hall–Kier alpha value is -1.39. The number of benzene rings is 2. The van der Waals surface area contributed by atoms with Gasteiger partial charge < -0.3 is 0 Å². The van der Waals surface area contributed by atoms with Crippen LogP contribution >= 0.6 is 27.5 Å². The van der Waals surface area contributed by atoms with Gasteiger partial charge in [0.25, 0.3) is 0 Å². The first-order valence-electron chi connectivity index (χ1n) is 6.99. The molecular weight excluding hydrogens is 350 g/mol. The highest BCUT2D eigenvalue weighted by Crippen LogP contribution is 2.26. The van der Waals surface area contributed by atoms with Crippen LogP contribution in [0.15, 0.2) is 40.9 Å². The summed E-state index contributed by atoms with van der Waals surface area (Å²) in [4.78, 5) is 1.65. The Morgan fingerprint density at radius 2 is 1.76 bits per heavy atom. The molecule has 0 saturated heterocycles. The zero-order chi connectivity index (χ0) is 14.8. The van der Waals surface area contributed by atoms with Gasteiger partial charge in [-0.15, -0.1) is 10.2 Å². The van der Waals surface area contributed by atoms with E-state index >= 15 is 0 Å². The SMILES string of the molecule is CCCCc1ccc(-n2nc3cc(Cl)c(Br)cc3n2)cc1. The number of hydrogen-bond acceptors (Lipinski definition) is 2. The zero-order valence-corrected chi connectivity index (χ0v) is 14.0. The second-order valence-corrected chi connectivity index (χ2v) is 6.28. The molecule has 1 heterocycles. The van der Waals surface area contributed by atoms with Gasteiger partial charge in [0.15, 0.2) is 0 Å². The second kappa shape index (κ2) is 6.16. The average Bonchev–Trinajstić information content (AvgIpc) is 2.89. The highest BCUT2D eigenvalue weighted by atomic mass is 79.9. The Balaban J connectivity index is 1.92. The quantitative estimate of drug-likeness (QED) is 0.638. The van der Waals surface area contributed by atoms with Crippen LogP contribution in [0.25, 0.3) is 16.7 Å². The maximum absolute atomic E-state index is 6.09. The van der Waals surface area contributed by atoms with Crippen molar-refractivity contribution in [1.82, 2.24) is 15.0 Å². The zero-order valence-electron chi connectivity index (χ0n) is 11.7. The van der Waals surface area contributed by atoms with Crippen LogP contribution < -0.4 is 0 Å². The van der Waals surface area contributed by atoms with Crippen molar-refractivity contribution in [2.75, 3.05) is 0 Å². The Morgan fingerprint density at radius 1 is 1.10 bits per heavy atom. The standard InChI is InChI=1S/C16H15BrClN3/c1-2-3-4-11-5-7-12(8-6-11)21-19-15-9-13(17)14(18)10-16(15)20-21/h5-10H,2-4H2,1H3. The lowest BCUT2D eigenvalue weighted by Crippen LogP contribution is -1.98. The molecule has 0 N–H and O–H groups in total. The van der Waals surface area contributed by atoms with Gasteiger partial charge >= 0.3 is 0 Å². The molecule has 0 spiro atoms. The minimum absolute atomic E-state index is 0.643. The van der Waals surface area contributed by atoms with Crippen molar-refractivity contribution in [2.45, 2.75) is 26.2 Å². The molecule has 0 aliphatic heterocycles. The van der Waals surface area contributed by atoms with Crippen molar-refractivity contribution >= 4 is 38.6 Å². The Kier molecular flexibility index (Phi) is 4.27. The van der Waals surface area contributed by atoms with E-state index in [-0.39, 0.29) is 0 Å². The molecule has 0 fully saturated rings. The van der Waals surface area contributed by atoms with Crippen LogP contribution in [0.2, 0.25) is 5.02 Å². The fourth-order valence-corrected chi connectivity index (χ4v) is 2.69.